The second-order valence-electron chi connectivity index (χ2n) is 4.38. The molecule has 3 N–H and O–H groups in total. The Bertz CT molecular complexity index is 333. The molecule has 2 nitrogen and oxygen atoms in total. The van der Waals surface area contributed by atoms with Crippen molar-refractivity contribution in [2.45, 2.75) is 37.6 Å². The summed E-state index contributed by atoms with van der Waals surface area (Å²) in [5, 5.41) is 0. The van der Waals surface area contributed by atoms with Crippen molar-refractivity contribution in [2.24, 2.45) is 11.8 Å². The number of nitrogens with two attached hydrogens (primary N) is 1. The van der Waals surface area contributed by atoms with Crippen LogP contribution in [0.3, 0.4) is 0 Å². The van der Waals surface area contributed by atoms with Gasteiger partial charge in [-0.3, -0.25) is 11.3 Å². The maximum Gasteiger partial charge on any atom is 0.0307 e. The fourth-order valence-electron chi connectivity index (χ4n) is 1.59. The number of hydrogen-bond donors (Lipinski definition) is 2. The molecular weight excluding hydrogens is 296 g/mol. The second kappa shape index (κ2) is 8.14. The highest BCUT2D eigenvalue weighted by Gasteiger charge is 2.11. The Morgan fingerprint density at radius 3 is 2.82 bits per heavy atom. The van der Waals surface area contributed by atoms with Crippen molar-refractivity contribution in [1.82, 2.24) is 5.43 Å². The minimum Gasteiger partial charge on any atom is -0.271 e. The topological polar surface area (TPSA) is 38.0 Å². The van der Waals surface area contributed by atoms with Crippen LogP contribution in [0.5, 0.6) is 0 Å². The summed E-state index contributed by atoms with van der Waals surface area (Å²) in [5.74, 6) is 7.33. The Morgan fingerprint density at radius 2 is 2.24 bits per heavy atom. The third-order valence-corrected chi connectivity index (χ3v) is 4.52. The molecule has 0 aliphatic heterocycles. The van der Waals surface area contributed by atoms with Crippen molar-refractivity contribution < 1.29 is 0 Å². The summed E-state index contributed by atoms with van der Waals surface area (Å²) in [4.78, 5) is 1.28. The van der Waals surface area contributed by atoms with Gasteiger partial charge in [-0.05, 0) is 30.5 Å². The van der Waals surface area contributed by atoms with E-state index in [0.29, 0.717) is 6.04 Å². The van der Waals surface area contributed by atoms with Crippen LogP contribution < -0.4 is 11.3 Å². The normalized spacial score (nSPS) is 14.6. The molecule has 2 unspecified atom stereocenters. The van der Waals surface area contributed by atoms with Gasteiger partial charge in [0.1, 0.15) is 0 Å². The summed E-state index contributed by atoms with van der Waals surface area (Å²) in [5.41, 5.74) is 2.92. The molecule has 1 rings (SSSR count). The molecule has 17 heavy (non-hydrogen) atoms. The second-order valence-corrected chi connectivity index (χ2v) is 6.39. The molecule has 4 heteroatoms. The van der Waals surface area contributed by atoms with E-state index >= 15 is 0 Å². The Labute approximate surface area is 117 Å². The van der Waals surface area contributed by atoms with E-state index in [1.54, 1.807) is 0 Å². The van der Waals surface area contributed by atoms with Crippen LogP contribution in [-0.2, 0) is 0 Å². The molecule has 2 atom stereocenters. The molecule has 1 aromatic rings. The van der Waals surface area contributed by atoms with E-state index in [2.05, 4.69) is 53.4 Å². The molecule has 0 bridgehead atoms. The van der Waals surface area contributed by atoms with E-state index in [-0.39, 0.29) is 0 Å². The minimum atomic E-state index is 0.383. The first-order valence-electron chi connectivity index (χ1n) is 6.00. The van der Waals surface area contributed by atoms with Gasteiger partial charge in [-0.2, -0.15) is 0 Å². The van der Waals surface area contributed by atoms with Crippen LogP contribution in [0, 0.1) is 5.92 Å². The van der Waals surface area contributed by atoms with Gasteiger partial charge in [-0.1, -0.05) is 42.3 Å². The zero-order chi connectivity index (χ0) is 12.7. The van der Waals surface area contributed by atoms with Crippen molar-refractivity contribution in [1.29, 1.82) is 0 Å². The predicted molar refractivity (Wildman–Crippen MR) is 80.0 cm³/mol. The lowest BCUT2D eigenvalue weighted by Crippen LogP contribution is -2.38. The molecule has 96 valence electrons. The van der Waals surface area contributed by atoms with Gasteiger partial charge in [-0.15, -0.1) is 11.8 Å². The Balaban J connectivity index is 2.42. The van der Waals surface area contributed by atoms with Gasteiger partial charge in [0.2, 0.25) is 0 Å². The fraction of sp³-hybridized carbons (Fsp3) is 0.538. The molecule has 0 saturated heterocycles. The summed E-state index contributed by atoms with van der Waals surface area (Å²) >= 11 is 5.33. The zero-order valence-electron chi connectivity index (χ0n) is 10.4. The molecule has 0 aliphatic rings. The van der Waals surface area contributed by atoms with Crippen LogP contribution in [-0.4, -0.2) is 11.8 Å². The molecule has 0 aromatic heterocycles. The van der Waals surface area contributed by atoms with Gasteiger partial charge in [-0.25, -0.2) is 0 Å². The van der Waals surface area contributed by atoms with Gasteiger partial charge in [0.15, 0.2) is 0 Å². The molecule has 0 spiro atoms. The van der Waals surface area contributed by atoms with Crippen LogP contribution in [0.4, 0.5) is 0 Å². The zero-order valence-corrected chi connectivity index (χ0v) is 12.9. The quantitative estimate of drug-likeness (QED) is 0.456. The average molecular weight is 317 g/mol. The minimum absolute atomic E-state index is 0.383. The van der Waals surface area contributed by atoms with E-state index in [4.69, 9.17) is 5.84 Å². The molecule has 0 fully saturated rings. The van der Waals surface area contributed by atoms with Crippen molar-refractivity contribution in [3.63, 3.8) is 0 Å². The number of thioether (sulfide) groups is 1. The molecule has 0 aliphatic carbocycles. The lowest BCUT2D eigenvalue weighted by atomic mass is 10.0. The largest absolute Gasteiger partial charge is 0.271 e. The number of benzene rings is 1. The van der Waals surface area contributed by atoms with Gasteiger partial charge in [0, 0.05) is 21.2 Å². The van der Waals surface area contributed by atoms with E-state index in [9.17, 15) is 0 Å². The summed E-state index contributed by atoms with van der Waals surface area (Å²) in [7, 11) is 0. The van der Waals surface area contributed by atoms with Crippen molar-refractivity contribution >= 4 is 27.7 Å². The summed E-state index contributed by atoms with van der Waals surface area (Å²) in [6.07, 6.45) is 2.34. The highest BCUT2D eigenvalue weighted by Crippen LogP contribution is 2.24. The highest BCUT2D eigenvalue weighted by atomic mass is 79.9. The summed E-state index contributed by atoms with van der Waals surface area (Å²) in [6.45, 7) is 4.49. The third-order valence-electron chi connectivity index (χ3n) is 2.87. The smallest absolute Gasteiger partial charge is 0.0307 e. The first kappa shape index (κ1) is 15.0. The van der Waals surface area contributed by atoms with Gasteiger partial charge in [0.25, 0.3) is 0 Å². The molecule has 0 heterocycles. The number of nitrogens with one attached hydrogen (secondary N) is 1. The van der Waals surface area contributed by atoms with Gasteiger partial charge >= 0.3 is 0 Å². The Hall–Kier alpha value is -0.0300. The number of rotatable bonds is 7. The van der Waals surface area contributed by atoms with Crippen LogP contribution in [0.1, 0.15) is 26.7 Å². The number of hydrogen-bond acceptors (Lipinski definition) is 3. The summed E-state index contributed by atoms with van der Waals surface area (Å²) in [6, 6.07) is 8.76. The van der Waals surface area contributed by atoms with E-state index in [0.717, 1.165) is 22.6 Å². The van der Waals surface area contributed by atoms with E-state index in [1.165, 1.54) is 11.3 Å². The molecule has 1 aromatic carbocycles. The molecule has 0 saturated carbocycles. The van der Waals surface area contributed by atoms with Crippen LogP contribution in [0.2, 0.25) is 0 Å². The standard InChI is InChI=1S/C13H21BrN2S/c1-3-10(2)7-12(16-15)9-17-13-6-4-5-11(14)8-13/h4-6,8,10,12,16H,3,7,9,15H2,1-2H3. The van der Waals surface area contributed by atoms with Crippen LogP contribution in [0.15, 0.2) is 33.6 Å². The Kier molecular flexibility index (Phi) is 7.19. The monoisotopic (exact) mass is 316 g/mol. The van der Waals surface area contributed by atoms with Gasteiger partial charge < -0.3 is 0 Å². The molecule has 0 amide bonds. The first-order chi connectivity index (χ1) is 8.15. The maximum atomic E-state index is 5.60. The maximum absolute atomic E-state index is 5.60. The lowest BCUT2D eigenvalue weighted by Gasteiger charge is -2.19. The SMILES string of the molecule is CCC(C)CC(CSc1cccc(Br)c1)NN. The van der Waals surface area contributed by atoms with Gasteiger partial charge in [0.05, 0.1) is 0 Å². The van der Waals surface area contributed by atoms with E-state index in [1.807, 2.05) is 17.8 Å². The number of hydrazine groups is 1. The number of halogens is 1. The highest BCUT2D eigenvalue weighted by molar-refractivity contribution is 9.10. The molecular formula is C13H21BrN2S. The van der Waals surface area contributed by atoms with Crippen molar-refractivity contribution in [3.05, 3.63) is 28.7 Å². The summed E-state index contributed by atoms with van der Waals surface area (Å²) < 4.78 is 1.13. The lowest BCUT2D eigenvalue weighted by molar-refractivity contribution is 0.423. The van der Waals surface area contributed by atoms with E-state index < -0.39 is 0 Å². The van der Waals surface area contributed by atoms with Crippen LogP contribution >= 0.6 is 27.7 Å². The fourth-order valence-corrected chi connectivity index (χ4v) is 3.15. The average Bonchev–Trinajstić information content (AvgIpc) is 2.34. The Morgan fingerprint density at radius 1 is 1.47 bits per heavy atom. The predicted octanol–water partition coefficient (Wildman–Crippen LogP) is 3.81. The first-order valence-corrected chi connectivity index (χ1v) is 7.78. The van der Waals surface area contributed by atoms with Crippen molar-refractivity contribution in [3.8, 4) is 0 Å². The van der Waals surface area contributed by atoms with Crippen molar-refractivity contribution in [2.75, 3.05) is 5.75 Å². The molecule has 0 radical (unpaired) electrons. The third kappa shape index (κ3) is 5.91. The van der Waals surface area contributed by atoms with Crippen LogP contribution in [0.25, 0.3) is 0 Å².